The standard InChI is InChI=1S/C16H21F3N2/c17-16(18,19)14-12-13(20-8-2-1-3-9-20)6-7-15(14)21-10-4-5-11-21/h6-7,12H,1-5,8-11H2. The molecule has 0 N–H and O–H groups in total. The lowest BCUT2D eigenvalue weighted by atomic mass is 10.1. The zero-order valence-corrected chi connectivity index (χ0v) is 12.1. The molecule has 0 spiro atoms. The van der Waals surface area contributed by atoms with Crippen LogP contribution < -0.4 is 9.80 Å². The van der Waals surface area contributed by atoms with Crippen molar-refractivity contribution in [2.24, 2.45) is 0 Å². The second kappa shape index (κ2) is 5.78. The molecule has 1 aromatic carbocycles. The van der Waals surface area contributed by atoms with Crippen molar-refractivity contribution in [3.63, 3.8) is 0 Å². The van der Waals surface area contributed by atoms with Crippen LogP contribution in [0.5, 0.6) is 0 Å². The van der Waals surface area contributed by atoms with E-state index < -0.39 is 11.7 Å². The molecule has 21 heavy (non-hydrogen) atoms. The maximum atomic E-state index is 13.4. The minimum absolute atomic E-state index is 0.348. The Labute approximate surface area is 123 Å². The Bertz CT molecular complexity index is 487. The molecule has 2 aliphatic rings. The van der Waals surface area contributed by atoms with Crippen molar-refractivity contribution in [1.29, 1.82) is 0 Å². The molecule has 1 aromatic rings. The van der Waals surface area contributed by atoms with Crippen LogP contribution in [0.15, 0.2) is 18.2 Å². The zero-order valence-electron chi connectivity index (χ0n) is 12.1. The number of piperidine rings is 1. The number of alkyl halides is 3. The lowest BCUT2D eigenvalue weighted by Gasteiger charge is -2.31. The van der Waals surface area contributed by atoms with Gasteiger partial charge in [-0.2, -0.15) is 13.2 Å². The van der Waals surface area contributed by atoms with E-state index in [1.165, 1.54) is 12.5 Å². The molecule has 2 nitrogen and oxygen atoms in total. The highest BCUT2D eigenvalue weighted by Crippen LogP contribution is 2.40. The highest BCUT2D eigenvalue weighted by atomic mass is 19.4. The summed E-state index contributed by atoms with van der Waals surface area (Å²) < 4.78 is 40.2. The lowest BCUT2D eigenvalue weighted by molar-refractivity contribution is -0.137. The maximum Gasteiger partial charge on any atom is 0.418 e. The number of anilines is 2. The predicted octanol–water partition coefficient (Wildman–Crippen LogP) is 4.30. The monoisotopic (exact) mass is 298 g/mol. The van der Waals surface area contributed by atoms with Crippen molar-refractivity contribution in [3.05, 3.63) is 23.8 Å². The van der Waals surface area contributed by atoms with Crippen molar-refractivity contribution >= 4 is 11.4 Å². The molecular weight excluding hydrogens is 277 g/mol. The number of nitrogens with zero attached hydrogens (tertiary/aromatic N) is 2. The molecule has 5 heteroatoms. The van der Waals surface area contributed by atoms with Gasteiger partial charge in [0.2, 0.25) is 0 Å². The van der Waals surface area contributed by atoms with Gasteiger partial charge in [0.15, 0.2) is 0 Å². The first kappa shape index (κ1) is 14.5. The number of hydrogen-bond acceptors (Lipinski definition) is 2. The predicted molar refractivity (Wildman–Crippen MR) is 79.0 cm³/mol. The van der Waals surface area contributed by atoms with Crippen molar-refractivity contribution in [2.75, 3.05) is 36.0 Å². The van der Waals surface area contributed by atoms with Crippen molar-refractivity contribution in [3.8, 4) is 0 Å². The fraction of sp³-hybridized carbons (Fsp3) is 0.625. The van der Waals surface area contributed by atoms with Crippen LogP contribution in [0.25, 0.3) is 0 Å². The molecule has 0 atom stereocenters. The van der Waals surface area contributed by atoms with Crippen LogP contribution in [0.4, 0.5) is 24.5 Å². The third-order valence-corrected chi connectivity index (χ3v) is 4.45. The Morgan fingerprint density at radius 1 is 0.762 bits per heavy atom. The molecule has 0 bridgehead atoms. The Morgan fingerprint density at radius 2 is 1.33 bits per heavy atom. The van der Waals surface area contributed by atoms with E-state index in [2.05, 4.69) is 4.90 Å². The Balaban J connectivity index is 1.94. The molecule has 2 saturated heterocycles. The van der Waals surface area contributed by atoms with Gasteiger partial charge in [-0.05, 0) is 50.3 Å². The topological polar surface area (TPSA) is 6.48 Å². The van der Waals surface area contributed by atoms with Crippen molar-refractivity contribution in [1.82, 2.24) is 0 Å². The van der Waals surface area contributed by atoms with Crippen LogP contribution >= 0.6 is 0 Å². The summed E-state index contributed by atoms with van der Waals surface area (Å²) in [6.07, 6.45) is 0.971. The normalized spacial score (nSPS) is 20.1. The minimum atomic E-state index is -4.29. The van der Waals surface area contributed by atoms with Gasteiger partial charge in [0.05, 0.1) is 5.56 Å². The SMILES string of the molecule is FC(F)(F)c1cc(N2CCCCC2)ccc1N1CCCC1. The number of benzene rings is 1. The van der Waals surface area contributed by atoms with E-state index in [9.17, 15) is 13.2 Å². The fourth-order valence-electron chi connectivity index (χ4n) is 3.33. The van der Waals surface area contributed by atoms with Gasteiger partial charge in [-0.25, -0.2) is 0 Å². The van der Waals surface area contributed by atoms with Crippen LogP contribution in [0, 0.1) is 0 Å². The Morgan fingerprint density at radius 3 is 1.95 bits per heavy atom. The van der Waals surface area contributed by atoms with Gasteiger partial charge in [-0.1, -0.05) is 0 Å². The molecular formula is C16H21F3N2. The van der Waals surface area contributed by atoms with Gasteiger partial charge in [0, 0.05) is 37.6 Å². The molecule has 0 amide bonds. The second-order valence-corrected chi connectivity index (χ2v) is 5.94. The number of rotatable bonds is 2. The van der Waals surface area contributed by atoms with E-state index in [-0.39, 0.29) is 0 Å². The van der Waals surface area contributed by atoms with Crippen LogP contribution in [0.3, 0.4) is 0 Å². The van der Waals surface area contributed by atoms with E-state index >= 15 is 0 Å². The molecule has 0 saturated carbocycles. The van der Waals surface area contributed by atoms with E-state index in [1.54, 1.807) is 6.07 Å². The smallest absolute Gasteiger partial charge is 0.372 e. The molecule has 0 aromatic heterocycles. The van der Waals surface area contributed by atoms with E-state index in [0.717, 1.165) is 51.9 Å². The summed E-state index contributed by atoms with van der Waals surface area (Å²) in [6, 6.07) is 4.87. The third-order valence-electron chi connectivity index (χ3n) is 4.45. The van der Waals surface area contributed by atoms with Gasteiger partial charge in [0.25, 0.3) is 0 Å². The van der Waals surface area contributed by atoms with Crippen LogP contribution in [0.2, 0.25) is 0 Å². The summed E-state index contributed by atoms with van der Waals surface area (Å²) in [5, 5.41) is 0. The highest BCUT2D eigenvalue weighted by molar-refractivity contribution is 5.63. The first-order valence-corrected chi connectivity index (χ1v) is 7.77. The molecule has 3 rings (SSSR count). The lowest BCUT2D eigenvalue weighted by Crippen LogP contribution is -2.30. The third kappa shape index (κ3) is 3.11. The Kier molecular flexibility index (Phi) is 4.00. The van der Waals surface area contributed by atoms with E-state index in [4.69, 9.17) is 0 Å². The highest BCUT2D eigenvalue weighted by Gasteiger charge is 2.36. The summed E-state index contributed by atoms with van der Waals surface area (Å²) in [4.78, 5) is 3.94. The first-order valence-electron chi connectivity index (χ1n) is 7.77. The number of halogens is 3. The summed E-state index contributed by atoms with van der Waals surface area (Å²) in [5.41, 5.74) is 0.582. The quantitative estimate of drug-likeness (QED) is 0.803. The maximum absolute atomic E-state index is 13.4. The van der Waals surface area contributed by atoms with Gasteiger partial charge < -0.3 is 9.80 Å². The summed E-state index contributed by atoms with van der Waals surface area (Å²) in [5.74, 6) is 0. The molecule has 0 unspecified atom stereocenters. The van der Waals surface area contributed by atoms with Crippen molar-refractivity contribution in [2.45, 2.75) is 38.3 Å². The second-order valence-electron chi connectivity index (χ2n) is 5.94. The average Bonchev–Trinajstić information content (AvgIpc) is 3.01. The van der Waals surface area contributed by atoms with Gasteiger partial charge in [-0.3, -0.25) is 0 Å². The molecule has 2 aliphatic heterocycles. The van der Waals surface area contributed by atoms with E-state index in [0.29, 0.717) is 11.4 Å². The molecule has 2 fully saturated rings. The van der Waals surface area contributed by atoms with Gasteiger partial charge in [0.1, 0.15) is 0 Å². The fourth-order valence-corrected chi connectivity index (χ4v) is 3.33. The molecule has 0 aliphatic carbocycles. The summed E-state index contributed by atoms with van der Waals surface area (Å²) in [6.45, 7) is 3.18. The largest absolute Gasteiger partial charge is 0.418 e. The molecule has 2 heterocycles. The molecule has 116 valence electrons. The minimum Gasteiger partial charge on any atom is -0.372 e. The summed E-state index contributed by atoms with van der Waals surface area (Å²) >= 11 is 0. The van der Waals surface area contributed by atoms with Crippen LogP contribution in [0.1, 0.15) is 37.7 Å². The Hall–Kier alpha value is -1.39. The van der Waals surface area contributed by atoms with Crippen LogP contribution in [-0.2, 0) is 6.18 Å². The summed E-state index contributed by atoms with van der Waals surface area (Å²) in [7, 11) is 0. The molecule has 0 radical (unpaired) electrons. The zero-order chi connectivity index (χ0) is 14.9. The van der Waals surface area contributed by atoms with Gasteiger partial charge >= 0.3 is 6.18 Å². The number of hydrogen-bond donors (Lipinski definition) is 0. The van der Waals surface area contributed by atoms with Gasteiger partial charge in [-0.15, -0.1) is 0 Å². The van der Waals surface area contributed by atoms with Crippen molar-refractivity contribution < 1.29 is 13.2 Å². The average molecular weight is 298 g/mol. The van der Waals surface area contributed by atoms with E-state index in [1.807, 2.05) is 11.0 Å². The van der Waals surface area contributed by atoms with Crippen LogP contribution in [-0.4, -0.2) is 26.2 Å². The first-order chi connectivity index (χ1) is 10.1.